The smallest absolute Gasteiger partial charge is 0.306 e. The molecule has 6 nitrogen and oxygen atoms in total. The van der Waals surface area contributed by atoms with E-state index in [0.717, 1.165) is 12.8 Å². The summed E-state index contributed by atoms with van der Waals surface area (Å²) in [5.41, 5.74) is 0.475. The second-order valence-electron chi connectivity index (χ2n) is 5.74. The number of unbranched alkanes of at least 4 members (excludes halogenated alkanes) is 1. The molecule has 0 heterocycles. The summed E-state index contributed by atoms with van der Waals surface area (Å²) in [7, 11) is 1.53. The first-order valence-electron chi connectivity index (χ1n) is 7.89. The zero-order valence-electron chi connectivity index (χ0n) is 13.5. The lowest BCUT2D eigenvalue weighted by atomic mass is 9.80. The Labute approximate surface area is 135 Å². The van der Waals surface area contributed by atoms with E-state index in [2.05, 4.69) is 12.2 Å². The molecule has 0 aliphatic heterocycles. The maximum absolute atomic E-state index is 12.2. The van der Waals surface area contributed by atoms with E-state index >= 15 is 0 Å². The molecule has 1 amide bonds. The highest BCUT2D eigenvalue weighted by Gasteiger charge is 2.35. The second kappa shape index (κ2) is 7.85. The molecular formula is C17H23NO5. The minimum atomic E-state index is -0.800. The summed E-state index contributed by atoms with van der Waals surface area (Å²) in [6.07, 6.45) is 2.96. The summed E-state index contributed by atoms with van der Waals surface area (Å²) in [5.74, 6) is -0.231. The fourth-order valence-electron chi connectivity index (χ4n) is 2.46. The summed E-state index contributed by atoms with van der Waals surface area (Å²) < 4.78 is 10.9. The fourth-order valence-corrected chi connectivity index (χ4v) is 2.46. The van der Waals surface area contributed by atoms with Gasteiger partial charge in [0.25, 0.3) is 5.91 Å². The molecule has 1 fully saturated rings. The average Bonchev–Trinajstić information content (AvgIpc) is 2.50. The minimum Gasteiger partial charge on any atom is -0.493 e. The van der Waals surface area contributed by atoms with E-state index in [1.165, 1.54) is 7.11 Å². The lowest BCUT2D eigenvalue weighted by molar-refractivity contribution is -0.145. The predicted molar refractivity (Wildman–Crippen MR) is 85.0 cm³/mol. The number of carbonyl (C=O) groups excluding carboxylic acids is 1. The molecule has 2 N–H and O–H groups in total. The topological polar surface area (TPSA) is 84.9 Å². The number of carbonyl (C=O) groups is 2. The Hall–Kier alpha value is -2.24. The molecule has 0 bridgehead atoms. The van der Waals surface area contributed by atoms with Crippen LogP contribution in [0.3, 0.4) is 0 Å². The third-order valence-corrected chi connectivity index (χ3v) is 4.00. The van der Waals surface area contributed by atoms with Crippen molar-refractivity contribution in [1.82, 2.24) is 5.32 Å². The molecule has 2 rings (SSSR count). The number of amides is 1. The van der Waals surface area contributed by atoms with Gasteiger partial charge in [0.15, 0.2) is 11.5 Å². The monoisotopic (exact) mass is 321 g/mol. The van der Waals surface area contributed by atoms with Gasteiger partial charge in [-0.25, -0.2) is 0 Å². The SMILES string of the molecule is CCCCOc1ccc(C(=O)NC2CC(C(=O)O)C2)cc1OC. The van der Waals surface area contributed by atoms with E-state index in [4.69, 9.17) is 14.6 Å². The summed E-state index contributed by atoms with van der Waals surface area (Å²) >= 11 is 0. The minimum absolute atomic E-state index is 0.0740. The van der Waals surface area contributed by atoms with Crippen molar-refractivity contribution in [2.45, 2.75) is 38.6 Å². The van der Waals surface area contributed by atoms with Crippen molar-refractivity contribution in [3.05, 3.63) is 23.8 Å². The first kappa shape index (κ1) is 17.1. The number of carboxylic acids is 1. The number of rotatable bonds is 8. The van der Waals surface area contributed by atoms with Crippen molar-refractivity contribution in [1.29, 1.82) is 0 Å². The Morgan fingerprint density at radius 1 is 1.30 bits per heavy atom. The quantitative estimate of drug-likeness (QED) is 0.719. The standard InChI is InChI=1S/C17H23NO5/c1-3-4-7-23-14-6-5-11(10-15(14)22-2)16(19)18-13-8-12(9-13)17(20)21/h5-6,10,12-13H,3-4,7-9H2,1-2H3,(H,18,19)(H,20,21). The van der Waals surface area contributed by atoms with Crippen LogP contribution >= 0.6 is 0 Å². The molecule has 23 heavy (non-hydrogen) atoms. The molecule has 1 saturated carbocycles. The largest absolute Gasteiger partial charge is 0.493 e. The van der Waals surface area contributed by atoms with Crippen LogP contribution in [0, 0.1) is 5.92 Å². The molecule has 1 aromatic rings. The van der Waals surface area contributed by atoms with E-state index in [-0.39, 0.29) is 17.9 Å². The molecule has 0 aromatic heterocycles. The van der Waals surface area contributed by atoms with Gasteiger partial charge in [-0.3, -0.25) is 9.59 Å². The van der Waals surface area contributed by atoms with Gasteiger partial charge in [0.1, 0.15) is 0 Å². The van der Waals surface area contributed by atoms with Crippen LogP contribution in [-0.2, 0) is 4.79 Å². The van der Waals surface area contributed by atoms with Crippen molar-refractivity contribution in [3.8, 4) is 11.5 Å². The molecule has 1 aromatic carbocycles. The van der Waals surface area contributed by atoms with Gasteiger partial charge in [-0.15, -0.1) is 0 Å². The van der Waals surface area contributed by atoms with Crippen molar-refractivity contribution < 1.29 is 24.2 Å². The number of benzene rings is 1. The molecule has 0 unspecified atom stereocenters. The van der Waals surface area contributed by atoms with Crippen molar-refractivity contribution in [3.63, 3.8) is 0 Å². The first-order chi connectivity index (χ1) is 11.0. The molecule has 6 heteroatoms. The number of carboxylic acid groups (broad SMARTS) is 1. The van der Waals surface area contributed by atoms with Gasteiger partial charge in [-0.1, -0.05) is 13.3 Å². The molecule has 1 aliphatic rings. The van der Waals surface area contributed by atoms with Crippen LogP contribution in [0.25, 0.3) is 0 Å². The van der Waals surface area contributed by atoms with Gasteiger partial charge in [0.05, 0.1) is 19.6 Å². The number of aliphatic carboxylic acids is 1. The van der Waals surface area contributed by atoms with E-state index in [1.807, 2.05) is 0 Å². The average molecular weight is 321 g/mol. The lowest BCUT2D eigenvalue weighted by Gasteiger charge is -2.32. The lowest BCUT2D eigenvalue weighted by Crippen LogP contribution is -2.46. The highest BCUT2D eigenvalue weighted by Crippen LogP contribution is 2.30. The van der Waals surface area contributed by atoms with Gasteiger partial charge in [-0.2, -0.15) is 0 Å². The van der Waals surface area contributed by atoms with E-state index in [9.17, 15) is 9.59 Å². The highest BCUT2D eigenvalue weighted by atomic mass is 16.5. The Morgan fingerprint density at radius 3 is 2.65 bits per heavy atom. The summed E-state index contributed by atoms with van der Waals surface area (Å²) in [4.78, 5) is 23.0. The van der Waals surface area contributed by atoms with Gasteiger partial charge in [0.2, 0.25) is 0 Å². The van der Waals surface area contributed by atoms with Crippen LogP contribution in [-0.4, -0.2) is 36.7 Å². The number of nitrogens with one attached hydrogen (secondary N) is 1. The van der Waals surface area contributed by atoms with Crippen LogP contribution in [0.2, 0.25) is 0 Å². The Morgan fingerprint density at radius 2 is 2.04 bits per heavy atom. The fraction of sp³-hybridized carbons (Fsp3) is 0.529. The maximum Gasteiger partial charge on any atom is 0.306 e. The van der Waals surface area contributed by atoms with Gasteiger partial charge >= 0.3 is 5.97 Å². The number of methoxy groups -OCH3 is 1. The summed E-state index contributed by atoms with van der Waals surface area (Å²) in [6, 6.07) is 4.98. The Balaban J connectivity index is 1.94. The normalized spacial score (nSPS) is 19.6. The molecular weight excluding hydrogens is 298 g/mol. The third-order valence-electron chi connectivity index (χ3n) is 4.00. The van der Waals surface area contributed by atoms with Crippen LogP contribution in [0.1, 0.15) is 43.0 Å². The van der Waals surface area contributed by atoms with E-state index < -0.39 is 5.97 Å². The van der Waals surface area contributed by atoms with Gasteiger partial charge in [0, 0.05) is 11.6 Å². The second-order valence-corrected chi connectivity index (χ2v) is 5.74. The van der Waals surface area contributed by atoms with Crippen LogP contribution in [0.15, 0.2) is 18.2 Å². The maximum atomic E-state index is 12.2. The van der Waals surface area contributed by atoms with Crippen LogP contribution in [0.4, 0.5) is 0 Å². The first-order valence-corrected chi connectivity index (χ1v) is 7.89. The van der Waals surface area contributed by atoms with Crippen LogP contribution in [0.5, 0.6) is 11.5 Å². The molecule has 1 aliphatic carbocycles. The van der Waals surface area contributed by atoms with Gasteiger partial charge in [-0.05, 0) is 37.5 Å². The zero-order valence-corrected chi connectivity index (χ0v) is 13.5. The van der Waals surface area contributed by atoms with E-state index in [0.29, 0.717) is 36.5 Å². The summed E-state index contributed by atoms with van der Waals surface area (Å²) in [6.45, 7) is 2.69. The van der Waals surface area contributed by atoms with Crippen molar-refractivity contribution in [2.75, 3.05) is 13.7 Å². The zero-order chi connectivity index (χ0) is 16.8. The predicted octanol–water partition coefficient (Wildman–Crippen LogP) is 2.47. The highest BCUT2D eigenvalue weighted by molar-refractivity contribution is 5.95. The molecule has 0 spiro atoms. The molecule has 0 radical (unpaired) electrons. The Kier molecular flexibility index (Phi) is 5.84. The number of ether oxygens (including phenoxy) is 2. The van der Waals surface area contributed by atoms with Gasteiger partial charge < -0.3 is 19.9 Å². The van der Waals surface area contributed by atoms with Crippen molar-refractivity contribution in [2.24, 2.45) is 5.92 Å². The summed E-state index contributed by atoms with van der Waals surface area (Å²) in [5, 5.41) is 11.7. The van der Waals surface area contributed by atoms with Crippen molar-refractivity contribution >= 4 is 11.9 Å². The molecule has 126 valence electrons. The third kappa shape index (κ3) is 4.37. The van der Waals surface area contributed by atoms with Crippen LogP contribution < -0.4 is 14.8 Å². The Bertz CT molecular complexity index is 566. The number of hydrogen-bond donors (Lipinski definition) is 2. The number of hydrogen-bond acceptors (Lipinski definition) is 4. The molecule has 0 saturated heterocycles. The molecule has 0 atom stereocenters. The van der Waals surface area contributed by atoms with E-state index in [1.54, 1.807) is 18.2 Å².